The number of benzene rings is 2. The van der Waals surface area contributed by atoms with Gasteiger partial charge in [-0.3, -0.25) is 0 Å². The van der Waals surface area contributed by atoms with Gasteiger partial charge in [0, 0.05) is 22.2 Å². The number of H-pyrrole nitrogens is 1. The van der Waals surface area contributed by atoms with Gasteiger partial charge >= 0.3 is 0 Å². The molecule has 0 radical (unpaired) electrons. The fourth-order valence-corrected chi connectivity index (χ4v) is 3.84. The lowest BCUT2D eigenvalue weighted by molar-refractivity contribution is 0.288. The topological polar surface area (TPSA) is 60.3 Å². The average molecular weight is 381 g/mol. The monoisotopic (exact) mass is 380 g/mol. The third-order valence-corrected chi connectivity index (χ3v) is 5.19. The van der Waals surface area contributed by atoms with Gasteiger partial charge in [-0.25, -0.2) is 0 Å². The first-order chi connectivity index (χ1) is 13.6. The molecule has 0 aliphatic heterocycles. The molecule has 0 atom stereocenters. The van der Waals surface area contributed by atoms with Crippen molar-refractivity contribution in [3.05, 3.63) is 47.0 Å². The van der Waals surface area contributed by atoms with Crippen LogP contribution in [0.5, 0.6) is 11.5 Å². The summed E-state index contributed by atoms with van der Waals surface area (Å²) in [5.41, 5.74) is 13.2. The molecule has 0 bridgehead atoms. The Labute approximate surface area is 168 Å². The van der Waals surface area contributed by atoms with Crippen LogP contribution in [-0.2, 0) is 6.42 Å². The number of unbranched alkanes of at least 4 members (excludes halogenated alkanes) is 1. The van der Waals surface area contributed by atoms with Crippen molar-refractivity contribution in [2.75, 3.05) is 19.8 Å². The highest BCUT2D eigenvalue weighted by molar-refractivity contribution is 5.95. The number of aromatic nitrogens is 1. The van der Waals surface area contributed by atoms with E-state index < -0.39 is 0 Å². The second-order valence-corrected chi connectivity index (χ2v) is 7.20. The Morgan fingerprint density at radius 2 is 1.61 bits per heavy atom. The molecule has 0 fully saturated rings. The van der Waals surface area contributed by atoms with Gasteiger partial charge in [-0.1, -0.05) is 12.1 Å². The second-order valence-electron chi connectivity index (χ2n) is 7.20. The van der Waals surface area contributed by atoms with Gasteiger partial charge in [-0.15, -0.1) is 0 Å². The standard InChI is InChI=1S/C24H32N2O2/c1-5-27-20-13-12-18(15-21(20)28-6-2)24-19(9-7-8-14-25)22-16(3)10-11-17(4)23(22)26-24/h10-13,15,26H,5-9,14,25H2,1-4H3. The predicted molar refractivity (Wildman–Crippen MR) is 118 cm³/mol. The average Bonchev–Trinajstić information content (AvgIpc) is 3.08. The molecule has 0 saturated heterocycles. The van der Waals surface area contributed by atoms with Gasteiger partial charge in [0.2, 0.25) is 0 Å². The predicted octanol–water partition coefficient (Wildman–Crippen LogP) is 5.53. The van der Waals surface area contributed by atoms with Crippen LogP contribution < -0.4 is 15.2 Å². The molecule has 0 unspecified atom stereocenters. The second kappa shape index (κ2) is 9.16. The summed E-state index contributed by atoms with van der Waals surface area (Å²) in [4.78, 5) is 3.71. The zero-order chi connectivity index (χ0) is 20.1. The largest absolute Gasteiger partial charge is 0.490 e. The number of hydrogen-bond acceptors (Lipinski definition) is 3. The maximum absolute atomic E-state index is 5.86. The highest BCUT2D eigenvalue weighted by Gasteiger charge is 2.17. The lowest BCUT2D eigenvalue weighted by Gasteiger charge is -2.13. The third-order valence-electron chi connectivity index (χ3n) is 5.19. The Hall–Kier alpha value is -2.46. The van der Waals surface area contributed by atoms with Crippen LogP contribution in [0.4, 0.5) is 0 Å². The van der Waals surface area contributed by atoms with Crippen molar-refractivity contribution in [1.29, 1.82) is 0 Å². The van der Waals surface area contributed by atoms with Gasteiger partial charge in [0.15, 0.2) is 11.5 Å². The highest BCUT2D eigenvalue weighted by atomic mass is 16.5. The Morgan fingerprint density at radius 1 is 0.893 bits per heavy atom. The molecule has 3 rings (SSSR count). The van der Waals surface area contributed by atoms with Crippen molar-refractivity contribution in [3.63, 3.8) is 0 Å². The molecule has 150 valence electrons. The molecule has 3 aromatic rings. The Bertz CT molecular complexity index is 943. The van der Waals surface area contributed by atoms with Crippen molar-refractivity contribution in [2.45, 2.75) is 47.0 Å². The van der Waals surface area contributed by atoms with E-state index in [1.807, 2.05) is 19.9 Å². The number of nitrogens with one attached hydrogen (secondary N) is 1. The maximum atomic E-state index is 5.86. The smallest absolute Gasteiger partial charge is 0.161 e. The lowest BCUT2D eigenvalue weighted by Crippen LogP contribution is -2.00. The van der Waals surface area contributed by atoms with Crippen LogP contribution in [0, 0.1) is 13.8 Å². The van der Waals surface area contributed by atoms with E-state index in [9.17, 15) is 0 Å². The van der Waals surface area contributed by atoms with E-state index in [-0.39, 0.29) is 0 Å². The van der Waals surface area contributed by atoms with Gasteiger partial charge in [0.05, 0.1) is 13.2 Å². The molecule has 0 saturated carbocycles. The van der Waals surface area contributed by atoms with E-state index in [0.29, 0.717) is 13.2 Å². The van der Waals surface area contributed by atoms with Crippen LogP contribution in [0.25, 0.3) is 22.2 Å². The van der Waals surface area contributed by atoms with E-state index in [0.717, 1.165) is 42.9 Å². The summed E-state index contributed by atoms with van der Waals surface area (Å²) >= 11 is 0. The minimum atomic E-state index is 0.609. The van der Waals surface area contributed by atoms with E-state index in [2.05, 4.69) is 43.1 Å². The summed E-state index contributed by atoms with van der Waals surface area (Å²) in [6.07, 6.45) is 3.12. The number of ether oxygens (including phenoxy) is 2. The molecule has 3 N–H and O–H groups in total. The van der Waals surface area contributed by atoms with Gasteiger partial charge in [-0.05, 0) is 88.4 Å². The van der Waals surface area contributed by atoms with Crippen LogP contribution in [0.15, 0.2) is 30.3 Å². The van der Waals surface area contributed by atoms with Crippen LogP contribution >= 0.6 is 0 Å². The summed E-state index contributed by atoms with van der Waals surface area (Å²) in [6.45, 7) is 10.3. The minimum Gasteiger partial charge on any atom is -0.490 e. The molecule has 1 aromatic heterocycles. The first-order valence-electron chi connectivity index (χ1n) is 10.3. The SMILES string of the molecule is CCOc1ccc(-c2[nH]c3c(C)ccc(C)c3c2CCCCN)cc1OCC. The highest BCUT2D eigenvalue weighted by Crippen LogP contribution is 2.38. The van der Waals surface area contributed by atoms with E-state index in [4.69, 9.17) is 15.2 Å². The number of aromatic amines is 1. The zero-order valence-electron chi connectivity index (χ0n) is 17.5. The number of fused-ring (bicyclic) bond motifs is 1. The normalized spacial score (nSPS) is 11.2. The fourth-order valence-electron chi connectivity index (χ4n) is 3.84. The van der Waals surface area contributed by atoms with E-state index in [1.165, 1.54) is 33.3 Å². The summed E-state index contributed by atoms with van der Waals surface area (Å²) in [5, 5.41) is 1.35. The molecule has 0 aliphatic carbocycles. The van der Waals surface area contributed by atoms with Crippen LogP contribution in [0.3, 0.4) is 0 Å². The van der Waals surface area contributed by atoms with Crippen LogP contribution in [-0.4, -0.2) is 24.7 Å². The number of rotatable bonds is 9. The maximum Gasteiger partial charge on any atom is 0.161 e. The zero-order valence-corrected chi connectivity index (χ0v) is 17.5. The summed E-state index contributed by atoms with van der Waals surface area (Å²) in [5.74, 6) is 1.59. The van der Waals surface area contributed by atoms with Gasteiger partial charge in [0.25, 0.3) is 0 Å². The van der Waals surface area contributed by atoms with E-state index >= 15 is 0 Å². The molecule has 28 heavy (non-hydrogen) atoms. The first-order valence-corrected chi connectivity index (χ1v) is 10.3. The fraction of sp³-hybridized carbons (Fsp3) is 0.417. The Kier molecular flexibility index (Phi) is 6.63. The number of aryl methyl sites for hydroxylation is 3. The van der Waals surface area contributed by atoms with Crippen LogP contribution in [0.1, 0.15) is 43.4 Å². The lowest BCUT2D eigenvalue weighted by atomic mass is 9.97. The Morgan fingerprint density at radius 3 is 2.32 bits per heavy atom. The molecular formula is C24H32N2O2. The molecule has 1 heterocycles. The van der Waals surface area contributed by atoms with Crippen molar-refractivity contribution in [1.82, 2.24) is 4.98 Å². The quantitative estimate of drug-likeness (QED) is 0.480. The molecular weight excluding hydrogens is 348 g/mol. The van der Waals surface area contributed by atoms with Crippen molar-refractivity contribution >= 4 is 10.9 Å². The summed E-state index contributed by atoms with van der Waals surface area (Å²) in [7, 11) is 0. The minimum absolute atomic E-state index is 0.609. The summed E-state index contributed by atoms with van der Waals surface area (Å²) < 4.78 is 11.6. The molecule has 0 spiro atoms. The van der Waals surface area contributed by atoms with Crippen molar-refractivity contribution in [3.8, 4) is 22.8 Å². The molecule has 0 aliphatic rings. The number of nitrogens with two attached hydrogens (primary N) is 1. The molecule has 0 amide bonds. The third kappa shape index (κ3) is 4.02. The van der Waals surface area contributed by atoms with Gasteiger partial charge < -0.3 is 20.2 Å². The van der Waals surface area contributed by atoms with Crippen molar-refractivity contribution in [2.24, 2.45) is 5.73 Å². The number of hydrogen-bond donors (Lipinski definition) is 2. The molecule has 4 heteroatoms. The van der Waals surface area contributed by atoms with Gasteiger partial charge in [-0.2, -0.15) is 0 Å². The Balaban J connectivity index is 2.16. The van der Waals surface area contributed by atoms with E-state index in [1.54, 1.807) is 0 Å². The molecule has 4 nitrogen and oxygen atoms in total. The molecule has 2 aromatic carbocycles. The first kappa shape index (κ1) is 20.3. The van der Waals surface area contributed by atoms with Crippen LogP contribution in [0.2, 0.25) is 0 Å². The van der Waals surface area contributed by atoms with Crippen molar-refractivity contribution < 1.29 is 9.47 Å². The van der Waals surface area contributed by atoms with Gasteiger partial charge in [0.1, 0.15) is 0 Å². The summed E-state index contributed by atoms with van der Waals surface area (Å²) in [6, 6.07) is 10.6.